The van der Waals surface area contributed by atoms with E-state index in [0.29, 0.717) is 10.8 Å². The van der Waals surface area contributed by atoms with Crippen LogP contribution in [0.3, 0.4) is 0 Å². The monoisotopic (exact) mass is 282 g/mol. The van der Waals surface area contributed by atoms with Gasteiger partial charge in [-0.3, -0.25) is 10.1 Å². The van der Waals surface area contributed by atoms with Crippen LogP contribution in [0.5, 0.6) is 0 Å². The number of rotatable bonds is 2. The molecular weight excluding hydrogens is 272 g/mol. The van der Waals surface area contributed by atoms with Crippen LogP contribution < -0.4 is 5.73 Å². The van der Waals surface area contributed by atoms with Crippen molar-refractivity contribution in [3.05, 3.63) is 58.1 Å². The third-order valence-corrected chi connectivity index (χ3v) is 3.45. The summed E-state index contributed by atoms with van der Waals surface area (Å²) in [4.78, 5) is 21.8. The number of nitrogens with two attached hydrogens (primary N) is 1. The van der Waals surface area contributed by atoms with Crippen LogP contribution in [0.4, 0.5) is 11.4 Å². The average Bonchev–Trinajstić information content (AvgIpc) is 2.45. The van der Waals surface area contributed by atoms with E-state index in [1.54, 1.807) is 12.1 Å². The van der Waals surface area contributed by atoms with Gasteiger partial charge in [0.1, 0.15) is 0 Å². The first-order chi connectivity index (χ1) is 9.99. The molecule has 0 saturated heterocycles. The summed E-state index contributed by atoms with van der Waals surface area (Å²) >= 11 is 0. The minimum absolute atomic E-state index is 0.0360. The van der Waals surface area contributed by atoms with Crippen molar-refractivity contribution in [1.82, 2.24) is 0 Å². The molecule has 0 saturated carbocycles. The highest BCUT2D eigenvalue weighted by molar-refractivity contribution is 6.12. The number of fused-ring (bicyclic) bond motifs is 2. The molecule has 3 rings (SSSR count). The van der Waals surface area contributed by atoms with Gasteiger partial charge in [-0.25, -0.2) is 4.79 Å². The van der Waals surface area contributed by atoms with Crippen molar-refractivity contribution in [3.63, 3.8) is 0 Å². The van der Waals surface area contributed by atoms with Gasteiger partial charge < -0.3 is 10.8 Å². The summed E-state index contributed by atoms with van der Waals surface area (Å²) in [7, 11) is 0. The lowest BCUT2D eigenvalue weighted by atomic mass is 9.98. The number of aromatic carboxylic acids is 1. The van der Waals surface area contributed by atoms with Gasteiger partial charge in [-0.05, 0) is 22.9 Å². The van der Waals surface area contributed by atoms with Crippen molar-refractivity contribution in [3.8, 4) is 0 Å². The maximum atomic E-state index is 11.2. The predicted octanol–water partition coefficient (Wildman–Crippen LogP) is 3.18. The van der Waals surface area contributed by atoms with Gasteiger partial charge in [0.25, 0.3) is 5.69 Å². The minimum Gasteiger partial charge on any atom is -0.478 e. The molecule has 0 aliphatic carbocycles. The van der Waals surface area contributed by atoms with Crippen LogP contribution in [0.1, 0.15) is 10.4 Å². The molecule has 3 aromatic rings. The zero-order valence-corrected chi connectivity index (χ0v) is 10.7. The smallest absolute Gasteiger partial charge is 0.338 e. The van der Waals surface area contributed by atoms with Gasteiger partial charge >= 0.3 is 5.97 Å². The SMILES string of the molecule is Nc1c(C(=O)O)cc([N+](=O)[O-])c2cc3ccccc3cc12. The van der Waals surface area contributed by atoms with Gasteiger partial charge in [0, 0.05) is 11.5 Å². The molecule has 0 fully saturated rings. The Morgan fingerprint density at radius 2 is 1.67 bits per heavy atom. The highest BCUT2D eigenvalue weighted by Crippen LogP contribution is 2.36. The zero-order chi connectivity index (χ0) is 15.1. The molecule has 0 atom stereocenters. The lowest BCUT2D eigenvalue weighted by Crippen LogP contribution is -2.05. The van der Waals surface area contributed by atoms with E-state index in [1.807, 2.05) is 24.3 Å². The van der Waals surface area contributed by atoms with E-state index in [9.17, 15) is 14.9 Å². The molecule has 3 N–H and O–H groups in total. The minimum atomic E-state index is -1.29. The van der Waals surface area contributed by atoms with Crippen molar-refractivity contribution in [1.29, 1.82) is 0 Å². The summed E-state index contributed by atoms with van der Waals surface area (Å²) in [6.45, 7) is 0. The first-order valence-corrected chi connectivity index (χ1v) is 6.11. The van der Waals surface area contributed by atoms with E-state index >= 15 is 0 Å². The Labute approximate surface area is 118 Å². The third kappa shape index (κ3) is 1.93. The van der Waals surface area contributed by atoms with Crippen LogP contribution in [-0.2, 0) is 0 Å². The topological polar surface area (TPSA) is 106 Å². The Kier molecular flexibility index (Phi) is 2.72. The molecule has 0 aromatic heterocycles. The van der Waals surface area contributed by atoms with Crippen molar-refractivity contribution in [2.45, 2.75) is 0 Å². The van der Waals surface area contributed by atoms with Crippen LogP contribution in [0.15, 0.2) is 42.5 Å². The zero-order valence-electron chi connectivity index (χ0n) is 10.7. The molecule has 0 heterocycles. The first-order valence-electron chi connectivity index (χ1n) is 6.11. The lowest BCUT2D eigenvalue weighted by molar-refractivity contribution is -0.383. The van der Waals surface area contributed by atoms with Crippen LogP contribution in [0.25, 0.3) is 21.5 Å². The predicted molar refractivity (Wildman–Crippen MR) is 79.5 cm³/mol. The number of carbonyl (C=O) groups is 1. The van der Waals surface area contributed by atoms with Crippen molar-refractivity contribution >= 4 is 38.9 Å². The van der Waals surface area contributed by atoms with E-state index in [-0.39, 0.29) is 16.9 Å². The molecule has 0 amide bonds. The van der Waals surface area contributed by atoms with Crippen LogP contribution in [0.2, 0.25) is 0 Å². The molecule has 0 radical (unpaired) electrons. The Morgan fingerprint density at radius 3 is 2.19 bits per heavy atom. The van der Waals surface area contributed by atoms with Gasteiger partial charge in [-0.15, -0.1) is 0 Å². The molecule has 21 heavy (non-hydrogen) atoms. The third-order valence-electron chi connectivity index (χ3n) is 3.45. The summed E-state index contributed by atoms with van der Waals surface area (Å²) < 4.78 is 0. The number of hydrogen-bond acceptors (Lipinski definition) is 4. The molecule has 6 nitrogen and oxygen atoms in total. The molecule has 104 valence electrons. The number of nitro groups is 1. The van der Waals surface area contributed by atoms with Gasteiger partial charge in [-0.2, -0.15) is 0 Å². The highest BCUT2D eigenvalue weighted by atomic mass is 16.6. The van der Waals surface area contributed by atoms with Crippen molar-refractivity contribution in [2.24, 2.45) is 0 Å². The van der Waals surface area contributed by atoms with Gasteiger partial charge in [0.2, 0.25) is 0 Å². The largest absolute Gasteiger partial charge is 0.478 e. The van der Waals surface area contributed by atoms with E-state index < -0.39 is 10.9 Å². The maximum absolute atomic E-state index is 11.2. The number of nitro benzene ring substituents is 1. The highest BCUT2D eigenvalue weighted by Gasteiger charge is 2.21. The van der Waals surface area contributed by atoms with Crippen molar-refractivity contribution < 1.29 is 14.8 Å². The molecule has 0 aliphatic rings. The van der Waals surface area contributed by atoms with Crippen molar-refractivity contribution in [2.75, 3.05) is 5.73 Å². The summed E-state index contributed by atoms with van der Waals surface area (Å²) in [5.74, 6) is -1.29. The summed E-state index contributed by atoms with van der Waals surface area (Å²) in [6, 6.07) is 11.7. The summed E-state index contributed by atoms with van der Waals surface area (Å²) in [5.41, 5.74) is 5.39. The number of non-ortho nitro benzene ring substituents is 1. The van der Waals surface area contributed by atoms with E-state index in [0.717, 1.165) is 16.8 Å². The second-order valence-electron chi connectivity index (χ2n) is 4.66. The Hall–Kier alpha value is -3.15. The van der Waals surface area contributed by atoms with Gasteiger partial charge in [0.05, 0.1) is 21.6 Å². The Morgan fingerprint density at radius 1 is 1.10 bits per heavy atom. The number of anilines is 1. The molecule has 0 aliphatic heterocycles. The van der Waals surface area contributed by atoms with Gasteiger partial charge in [-0.1, -0.05) is 24.3 Å². The fourth-order valence-electron chi connectivity index (χ4n) is 2.44. The quantitative estimate of drug-likeness (QED) is 0.325. The number of carboxylic acids is 1. The first kappa shape index (κ1) is 12.9. The van der Waals surface area contributed by atoms with E-state index in [4.69, 9.17) is 10.8 Å². The number of nitrogens with zero attached hydrogens (tertiary/aromatic N) is 1. The fraction of sp³-hybridized carbons (Fsp3) is 0. The fourth-order valence-corrected chi connectivity index (χ4v) is 2.44. The van der Waals surface area contributed by atoms with Gasteiger partial charge in [0.15, 0.2) is 0 Å². The average molecular weight is 282 g/mol. The van der Waals surface area contributed by atoms with E-state index in [2.05, 4.69) is 0 Å². The van der Waals surface area contributed by atoms with Crippen LogP contribution in [-0.4, -0.2) is 16.0 Å². The normalized spacial score (nSPS) is 10.9. The number of carboxylic acid groups (broad SMARTS) is 1. The standard InChI is InChI=1S/C15H10N2O4/c16-14-11-6-9-4-2-1-3-8(9)5-10(11)13(17(20)21)7-12(14)15(18)19/h1-7H,16H2,(H,18,19). The molecule has 0 unspecified atom stereocenters. The number of benzene rings is 3. The molecule has 0 bridgehead atoms. The summed E-state index contributed by atoms with van der Waals surface area (Å²) in [5, 5.41) is 22.7. The van der Waals surface area contributed by atoms with Crippen LogP contribution in [0, 0.1) is 10.1 Å². The number of hydrogen-bond donors (Lipinski definition) is 2. The second kappa shape index (κ2) is 4.45. The molecule has 3 aromatic carbocycles. The number of nitrogen functional groups attached to an aromatic ring is 1. The Bertz CT molecular complexity index is 918. The molecule has 0 spiro atoms. The van der Waals surface area contributed by atoms with Crippen LogP contribution >= 0.6 is 0 Å². The van der Waals surface area contributed by atoms with E-state index in [1.165, 1.54) is 0 Å². The Balaban J connectivity index is 2.54. The molecule has 6 heteroatoms. The summed E-state index contributed by atoms with van der Waals surface area (Å²) in [6.07, 6.45) is 0. The lowest BCUT2D eigenvalue weighted by Gasteiger charge is -2.08. The maximum Gasteiger partial charge on any atom is 0.338 e. The molecular formula is C15H10N2O4. The second-order valence-corrected chi connectivity index (χ2v) is 4.66.